The van der Waals surface area contributed by atoms with Crippen molar-refractivity contribution >= 4 is 9.84 Å². The van der Waals surface area contributed by atoms with Crippen LogP contribution in [0.5, 0.6) is 0 Å². The van der Waals surface area contributed by atoms with Crippen LogP contribution < -0.4 is 5.32 Å². The van der Waals surface area contributed by atoms with Crippen molar-refractivity contribution in [3.63, 3.8) is 0 Å². The molecule has 3 aliphatic rings. The fourth-order valence-corrected chi connectivity index (χ4v) is 6.70. The molecule has 1 aromatic heterocycles. The summed E-state index contributed by atoms with van der Waals surface area (Å²) < 4.78 is 71.6. The Bertz CT molecular complexity index is 847. The summed E-state index contributed by atoms with van der Waals surface area (Å²) in [4.78, 5) is 4.96. The zero-order chi connectivity index (χ0) is 20.2. The molecule has 0 amide bonds. The Morgan fingerprint density at radius 2 is 1.96 bits per heavy atom. The lowest BCUT2D eigenvalue weighted by atomic mass is 9.73. The van der Waals surface area contributed by atoms with Gasteiger partial charge in [-0.2, -0.15) is 13.2 Å². The molecule has 4 heterocycles. The van der Waals surface area contributed by atoms with Crippen LogP contribution in [-0.4, -0.2) is 63.1 Å². The molecule has 0 radical (unpaired) electrons. The van der Waals surface area contributed by atoms with Crippen molar-refractivity contribution in [3.05, 3.63) is 23.5 Å². The largest absolute Gasteiger partial charge is 0.434 e. The minimum absolute atomic E-state index is 0.133. The van der Waals surface area contributed by atoms with E-state index in [1.54, 1.807) is 0 Å². The van der Waals surface area contributed by atoms with Crippen molar-refractivity contribution in [2.75, 3.05) is 39.4 Å². The van der Waals surface area contributed by atoms with Crippen LogP contribution in [0.4, 0.5) is 13.2 Å². The molecule has 0 saturated carbocycles. The summed E-state index contributed by atoms with van der Waals surface area (Å²) in [5.41, 5.74) is -1.71. The third-order valence-corrected chi connectivity index (χ3v) is 8.24. The second-order valence-electron chi connectivity index (χ2n) is 8.19. The molecule has 1 atom stereocenters. The van der Waals surface area contributed by atoms with Crippen LogP contribution in [0.25, 0.3) is 0 Å². The molecule has 6 nitrogen and oxygen atoms in total. The fraction of sp³-hybridized carbons (Fsp3) is 0.722. The van der Waals surface area contributed by atoms with Gasteiger partial charge in [0.05, 0.1) is 4.90 Å². The lowest BCUT2D eigenvalue weighted by molar-refractivity contribution is -0.143. The lowest BCUT2D eigenvalue weighted by Gasteiger charge is -2.60. The SMILES string of the molecule is Cc1ccc(S(=O)(=O)C2NCC23CN(CC2CCOCC2)C3)c(C(F)(F)F)n1. The Balaban J connectivity index is 1.51. The molecule has 1 aromatic rings. The topological polar surface area (TPSA) is 71.5 Å². The Hall–Kier alpha value is -1.23. The zero-order valence-corrected chi connectivity index (χ0v) is 16.4. The molecule has 1 N–H and O–H groups in total. The maximum Gasteiger partial charge on any atom is 0.434 e. The summed E-state index contributed by atoms with van der Waals surface area (Å²) in [7, 11) is -4.20. The number of halogens is 3. The summed E-state index contributed by atoms with van der Waals surface area (Å²) in [6.45, 7) is 5.48. The number of nitrogens with zero attached hydrogens (tertiary/aromatic N) is 2. The van der Waals surface area contributed by atoms with Crippen molar-refractivity contribution in [2.45, 2.75) is 36.2 Å². The number of ether oxygens (including phenoxy) is 1. The summed E-state index contributed by atoms with van der Waals surface area (Å²) in [6.07, 6.45) is -2.83. The van der Waals surface area contributed by atoms with Crippen molar-refractivity contribution in [1.82, 2.24) is 15.2 Å². The van der Waals surface area contributed by atoms with Gasteiger partial charge in [-0.1, -0.05) is 0 Å². The van der Waals surface area contributed by atoms with E-state index in [4.69, 9.17) is 4.74 Å². The van der Waals surface area contributed by atoms with Gasteiger partial charge in [-0.25, -0.2) is 13.4 Å². The Labute approximate surface area is 162 Å². The smallest absolute Gasteiger partial charge is 0.381 e. The van der Waals surface area contributed by atoms with Crippen LogP contribution in [0.1, 0.15) is 24.2 Å². The first-order chi connectivity index (χ1) is 13.1. The van der Waals surface area contributed by atoms with E-state index in [0.29, 0.717) is 25.6 Å². The molecule has 0 bridgehead atoms. The highest BCUT2D eigenvalue weighted by Crippen LogP contribution is 2.45. The van der Waals surface area contributed by atoms with Crippen molar-refractivity contribution < 1.29 is 26.3 Å². The normalized spacial score (nSPS) is 26.1. The van der Waals surface area contributed by atoms with Gasteiger partial charge >= 0.3 is 6.18 Å². The highest BCUT2D eigenvalue weighted by Gasteiger charge is 2.61. The molecule has 3 aliphatic heterocycles. The van der Waals surface area contributed by atoms with Crippen LogP contribution in [0.15, 0.2) is 17.0 Å². The quantitative estimate of drug-likeness (QED) is 0.803. The minimum Gasteiger partial charge on any atom is -0.381 e. The van der Waals surface area contributed by atoms with Gasteiger partial charge in [-0.05, 0) is 37.8 Å². The monoisotopic (exact) mass is 419 g/mol. The van der Waals surface area contributed by atoms with Crippen LogP contribution >= 0.6 is 0 Å². The maximum atomic E-state index is 13.4. The second kappa shape index (κ2) is 6.93. The van der Waals surface area contributed by atoms with Crippen LogP contribution in [0.3, 0.4) is 0 Å². The summed E-state index contributed by atoms with van der Waals surface area (Å²) >= 11 is 0. The first kappa shape index (κ1) is 20.1. The average molecular weight is 419 g/mol. The fourth-order valence-electron chi connectivity index (χ4n) is 4.56. The summed E-state index contributed by atoms with van der Waals surface area (Å²) in [6, 6.07) is 2.35. The van der Waals surface area contributed by atoms with Gasteiger partial charge in [-0.3, -0.25) is 5.32 Å². The van der Waals surface area contributed by atoms with E-state index in [2.05, 4.69) is 15.2 Å². The standard InChI is InChI=1S/C18H24F3N3O3S/c1-12-2-3-14(15(23-12)18(19,20)21)28(25,26)16-17(9-22-16)10-24(11-17)8-13-4-6-27-7-5-13/h2-3,13,16,22H,4-11H2,1H3. The number of pyridine rings is 1. The highest BCUT2D eigenvalue weighted by atomic mass is 32.2. The predicted octanol–water partition coefficient (Wildman–Crippen LogP) is 1.84. The summed E-state index contributed by atoms with van der Waals surface area (Å²) in [5.74, 6) is 0.535. The molecular weight excluding hydrogens is 395 g/mol. The molecule has 4 rings (SSSR count). The highest BCUT2D eigenvalue weighted by molar-refractivity contribution is 7.92. The van der Waals surface area contributed by atoms with Gasteiger partial charge < -0.3 is 9.64 Å². The number of alkyl halides is 3. The van der Waals surface area contributed by atoms with Gasteiger partial charge in [0.1, 0.15) is 5.37 Å². The van der Waals surface area contributed by atoms with E-state index in [1.807, 2.05) is 0 Å². The number of aryl methyl sites for hydroxylation is 1. The minimum atomic E-state index is -4.82. The van der Waals surface area contributed by atoms with E-state index in [9.17, 15) is 21.6 Å². The van der Waals surface area contributed by atoms with Gasteiger partial charge in [0.2, 0.25) is 0 Å². The molecule has 10 heteroatoms. The molecule has 1 unspecified atom stereocenters. The van der Waals surface area contributed by atoms with Crippen molar-refractivity contribution in [1.29, 1.82) is 0 Å². The van der Waals surface area contributed by atoms with Crippen LogP contribution in [-0.2, 0) is 20.8 Å². The first-order valence-corrected chi connectivity index (χ1v) is 11.0. The lowest BCUT2D eigenvalue weighted by Crippen LogP contribution is -2.78. The number of hydrogen-bond acceptors (Lipinski definition) is 6. The number of likely N-dealkylation sites (tertiary alicyclic amines) is 1. The molecule has 28 heavy (non-hydrogen) atoms. The third kappa shape index (κ3) is 3.44. The van der Waals surface area contributed by atoms with Gasteiger partial charge in [0.15, 0.2) is 15.5 Å². The van der Waals surface area contributed by atoms with Crippen LogP contribution in [0.2, 0.25) is 0 Å². The molecule has 0 aliphatic carbocycles. The van der Waals surface area contributed by atoms with E-state index < -0.39 is 37.4 Å². The molecule has 3 saturated heterocycles. The number of nitrogens with one attached hydrogen (secondary N) is 1. The molecule has 1 spiro atoms. The molecular formula is C18H24F3N3O3S. The van der Waals surface area contributed by atoms with E-state index in [1.165, 1.54) is 13.0 Å². The van der Waals surface area contributed by atoms with E-state index in [-0.39, 0.29) is 5.69 Å². The number of hydrogen-bond donors (Lipinski definition) is 1. The van der Waals surface area contributed by atoms with Gasteiger partial charge in [0.25, 0.3) is 0 Å². The molecule has 156 valence electrons. The van der Waals surface area contributed by atoms with Crippen molar-refractivity contribution in [3.8, 4) is 0 Å². The van der Waals surface area contributed by atoms with E-state index >= 15 is 0 Å². The van der Waals surface area contributed by atoms with Crippen molar-refractivity contribution in [2.24, 2.45) is 11.3 Å². The predicted molar refractivity (Wildman–Crippen MR) is 95.4 cm³/mol. The van der Waals surface area contributed by atoms with E-state index in [0.717, 1.165) is 38.7 Å². The molecule has 3 fully saturated rings. The van der Waals surface area contributed by atoms with Crippen LogP contribution in [0, 0.1) is 18.3 Å². The number of sulfone groups is 1. The summed E-state index contributed by atoms with van der Waals surface area (Å²) in [5, 5.41) is 1.86. The Kier molecular flexibility index (Phi) is 4.96. The Morgan fingerprint density at radius 3 is 2.54 bits per heavy atom. The maximum absolute atomic E-state index is 13.4. The third-order valence-electron chi connectivity index (χ3n) is 6.01. The zero-order valence-electron chi connectivity index (χ0n) is 15.6. The Morgan fingerprint density at radius 1 is 1.29 bits per heavy atom. The second-order valence-corrected chi connectivity index (χ2v) is 10.2. The average Bonchev–Trinajstić information content (AvgIpc) is 2.56. The molecule has 0 aromatic carbocycles. The van der Waals surface area contributed by atoms with Gasteiger partial charge in [-0.15, -0.1) is 0 Å². The number of rotatable bonds is 4. The van der Waals surface area contributed by atoms with Gasteiger partial charge in [0, 0.05) is 50.5 Å². The number of aromatic nitrogens is 1. The first-order valence-electron chi connectivity index (χ1n) is 9.44.